The maximum atomic E-state index is 9.54. The number of aliphatic imine (C=N–C) groups is 1. The quantitative estimate of drug-likeness (QED) is 0.403. The van der Waals surface area contributed by atoms with Gasteiger partial charge in [-0.05, 0) is 53.9 Å². The number of aryl methyl sites for hydroxylation is 1. The Hall–Kier alpha value is -3.25. The average molecular weight is 348 g/mol. The number of aromatic nitrogens is 2. The highest BCUT2D eigenvalue weighted by molar-refractivity contribution is 6.00. The second-order valence-electron chi connectivity index (χ2n) is 5.59. The van der Waals surface area contributed by atoms with Gasteiger partial charge in [0, 0.05) is 18.6 Å². The molecule has 1 aromatic carbocycles. The summed E-state index contributed by atoms with van der Waals surface area (Å²) < 4.78 is 5.89. The third-order valence-electron chi connectivity index (χ3n) is 3.85. The molecular weight excluding hydrogens is 328 g/mol. The van der Waals surface area contributed by atoms with Gasteiger partial charge in [0.1, 0.15) is 5.75 Å². The lowest BCUT2D eigenvalue weighted by atomic mass is 10.2. The summed E-state index contributed by atoms with van der Waals surface area (Å²) in [5.41, 5.74) is 4.93. The van der Waals surface area contributed by atoms with Crippen molar-refractivity contribution in [1.82, 2.24) is 15.4 Å². The van der Waals surface area contributed by atoms with Crippen LogP contribution in [0.25, 0.3) is 0 Å². The minimum absolute atomic E-state index is 0.287. The lowest BCUT2D eigenvalue weighted by molar-refractivity contribution is 0.234. The van der Waals surface area contributed by atoms with Crippen LogP contribution >= 0.6 is 0 Å². The van der Waals surface area contributed by atoms with Crippen molar-refractivity contribution < 1.29 is 9.94 Å². The molecule has 0 saturated carbocycles. The first-order valence-electron chi connectivity index (χ1n) is 8.35. The summed E-state index contributed by atoms with van der Waals surface area (Å²) in [6.45, 7) is 2.50. The summed E-state index contributed by atoms with van der Waals surface area (Å²) in [7, 11) is 0. The molecule has 3 aromatic rings. The van der Waals surface area contributed by atoms with Crippen LogP contribution in [0.5, 0.6) is 11.6 Å². The van der Waals surface area contributed by atoms with Crippen molar-refractivity contribution in [3.8, 4) is 11.6 Å². The Morgan fingerprint density at radius 1 is 1.04 bits per heavy atom. The van der Waals surface area contributed by atoms with E-state index in [2.05, 4.69) is 27.4 Å². The number of hydrogen-bond donors (Lipinski definition) is 2. The van der Waals surface area contributed by atoms with Crippen molar-refractivity contribution in [3.05, 3.63) is 83.8 Å². The third-order valence-corrected chi connectivity index (χ3v) is 3.85. The fourth-order valence-electron chi connectivity index (χ4n) is 2.40. The normalized spacial score (nSPS) is 11.2. The molecule has 0 amide bonds. The molecule has 3 rings (SSSR count). The lowest BCUT2D eigenvalue weighted by Gasteiger charge is -2.11. The van der Waals surface area contributed by atoms with Crippen LogP contribution in [-0.2, 0) is 13.0 Å². The molecule has 0 bridgehead atoms. The van der Waals surface area contributed by atoms with E-state index >= 15 is 0 Å². The van der Waals surface area contributed by atoms with Gasteiger partial charge in [-0.1, -0.05) is 19.1 Å². The fourth-order valence-corrected chi connectivity index (χ4v) is 2.40. The van der Waals surface area contributed by atoms with Gasteiger partial charge in [0.25, 0.3) is 0 Å². The second kappa shape index (κ2) is 8.73. The van der Waals surface area contributed by atoms with Crippen LogP contribution in [0.3, 0.4) is 0 Å². The molecule has 2 aromatic heterocycles. The summed E-state index contributed by atoms with van der Waals surface area (Å²) in [6, 6.07) is 15.1. The van der Waals surface area contributed by atoms with E-state index in [1.807, 2.05) is 36.4 Å². The molecule has 0 aliphatic carbocycles. The molecule has 0 unspecified atom stereocenters. The molecule has 0 fully saturated rings. The van der Waals surface area contributed by atoms with Crippen LogP contribution in [0.4, 0.5) is 0 Å². The fraction of sp³-hybridized carbons (Fsp3) is 0.150. The van der Waals surface area contributed by atoms with E-state index < -0.39 is 0 Å². The number of amidine groups is 1. The van der Waals surface area contributed by atoms with E-state index in [0.717, 1.165) is 12.0 Å². The first-order chi connectivity index (χ1) is 12.8. The van der Waals surface area contributed by atoms with E-state index in [-0.39, 0.29) is 5.84 Å². The molecule has 0 spiro atoms. The largest absolute Gasteiger partial charge is 0.438 e. The SMILES string of the molecule is CCc1ccc(Oc2ncccc2C(=NCc2ccncc2)NO)cc1. The smallest absolute Gasteiger partial charge is 0.230 e. The number of nitrogens with zero attached hydrogens (tertiary/aromatic N) is 3. The number of hydrogen-bond acceptors (Lipinski definition) is 5. The van der Waals surface area contributed by atoms with Crippen LogP contribution in [0.1, 0.15) is 23.6 Å². The van der Waals surface area contributed by atoms with E-state index in [1.165, 1.54) is 5.56 Å². The molecule has 26 heavy (non-hydrogen) atoms. The number of nitrogens with one attached hydrogen (secondary N) is 1. The van der Waals surface area contributed by atoms with Gasteiger partial charge in [-0.2, -0.15) is 0 Å². The Balaban J connectivity index is 1.84. The number of rotatable bonds is 6. The van der Waals surface area contributed by atoms with Crippen LogP contribution in [0.2, 0.25) is 0 Å². The zero-order valence-electron chi connectivity index (χ0n) is 14.5. The Labute approximate surface area is 152 Å². The molecule has 0 atom stereocenters. The van der Waals surface area contributed by atoms with E-state index in [1.54, 1.807) is 30.7 Å². The molecule has 2 N–H and O–H groups in total. The van der Waals surface area contributed by atoms with Gasteiger partial charge < -0.3 is 4.74 Å². The Morgan fingerprint density at radius 2 is 1.81 bits per heavy atom. The Bertz CT molecular complexity index is 864. The molecule has 6 heteroatoms. The van der Waals surface area contributed by atoms with Crippen LogP contribution in [0, 0.1) is 0 Å². The zero-order valence-corrected chi connectivity index (χ0v) is 14.5. The highest BCUT2D eigenvalue weighted by atomic mass is 16.5. The van der Waals surface area contributed by atoms with Crippen molar-refractivity contribution in [2.75, 3.05) is 0 Å². The summed E-state index contributed by atoms with van der Waals surface area (Å²) in [4.78, 5) is 12.7. The summed E-state index contributed by atoms with van der Waals surface area (Å²) in [5, 5.41) is 9.54. The van der Waals surface area contributed by atoms with Crippen LogP contribution in [0.15, 0.2) is 72.1 Å². The maximum Gasteiger partial charge on any atom is 0.230 e. The predicted octanol–water partition coefficient (Wildman–Crippen LogP) is 3.76. The van der Waals surface area contributed by atoms with Gasteiger partial charge >= 0.3 is 0 Å². The number of pyridine rings is 2. The van der Waals surface area contributed by atoms with E-state index in [9.17, 15) is 5.21 Å². The van der Waals surface area contributed by atoms with Gasteiger partial charge in [-0.25, -0.2) is 4.98 Å². The first-order valence-corrected chi connectivity index (χ1v) is 8.35. The highest BCUT2D eigenvalue weighted by Gasteiger charge is 2.12. The topological polar surface area (TPSA) is 79.6 Å². The number of ether oxygens (including phenoxy) is 1. The van der Waals surface area contributed by atoms with Gasteiger partial charge in [0.2, 0.25) is 5.88 Å². The number of hydroxylamine groups is 1. The average Bonchev–Trinajstić information content (AvgIpc) is 2.71. The van der Waals surface area contributed by atoms with Crippen molar-refractivity contribution in [2.24, 2.45) is 4.99 Å². The van der Waals surface area contributed by atoms with E-state index in [0.29, 0.717) is 23.7 Å². The molecular formula is C20H20N4O2. The Kier molecular flexibility index (Phi) is 5.90. The van der Waals surface area contributed by atoms with Crippen LogP contribution in [-0.4, -0.2) is 21.0 Å². The minimum Gasteiger partial charge on any atom is -0.438 e. The van der Waals surface area contributed by atoms with Crippen molar-refractivity contribution in [1.29, 1.82) is 0 Å². The zero-order chi connectivity index (χ0) is 18.2. The maximum absolute atomic E-state index is 9.54. The van der Waals surface area contributed by atoms with Gasteiger partial charge in [-0.15, -0.1) is 0 Å². The van der Waals surface area contributed by atoms with Gasteiger partial charge in [0.05, 0.1) is 12.1 Å². The highest BCUT2D eigenvalue weighted by Crippen LogP contribution is 2.23. The van der Waals surface area contributed by atoms with Crippen molar-refractivity contribution in [2.45, 2.75) is 19.9 Å². The predicted molar refractivity (Wildman–Crippen MR) is 99.5 cm³/mol. The third kappa shape index (κ3) is 4.43. The van der Waals surface area contributed by atoms with E-state index in [4.69, 9.17) is 4.74 Å². The first kappa shape index (κ1) is 17.6. The van der Waals surface area contributed by atoms with Crippen molar-refractivity contribution >= 4 is 5.84 Å². The van der Waals surface area contributed by atoms with Crippen LogP contribution < -0.4 is 10.2 Å². The van der Waals surface area contributed by atoms with Crippen molar-refractivity contribution in [3.63, 3.8) is 0 Å². The lowest BCUT2D eigenvalue weighted by Crippen LogP contribution is -2.21. The Morgan fingerprint density at radius 3 is 2.50 bits per heavy atom. The standard InChI is InChI=1S/C20H20N4O2/c1-2-15-5-7-17(8-6-15)26-20-18(4-3-11-22-20)19(24-25)23-14-16-9-12-21-13-10-16/h3-13,25H,2,14H2,1H3,(H,23,24). The molecule has 0 saturated heterocycles. The summed E-state index contributed by atoms with van der Waals surface area (Å²) in [5.74, 6) is 1.33. The molecule has 0 aliphatic rings. The number of benzene rings is 1. The molecule has 0 radical (unpaired) electrons. The van der Waals surface area contributed by atoms with Gasteiger partial charge in [0.15, 0.2) is 5.84 Å². The summed E-state index contributed by atoms with van der Waals surface area (Å²) >= 11 is 0. The second-order valence-corrected chi connectivity index (χ2v) is 5.59. The minimum atomic E-state index is 0.287. The molecule has 0 aliphatic heterocycles. The summed E-state index contributed by atoms with van der Waals surface area (Å²) in [6.07, 6.45) is 6.01. The molecule has 6 nitrogen and oxygen atoms in total. The molecule has 132 valence electrons. The monoisotopic (exact) mass is 348 g/mol. The molecule has 2 heterocycles. The van der Waals surface area contributed by atoms with Gasteiger partial charge in [-0.3, -0.25) is 20.7 Å².